The van der Waals surface area contributed by atoms with E-state index in [0.717, 1.165) is 77.0 Å². The molecule has 1 unspecified atom stereocenters. The summed E-state index contributed by atoms with van der Waals surface area (Å²) in [7, 11) is -4.75. The topological polar surface area (TPSA) is 172 Å². The normalized spacial score (nSPS) is 14.7. The van der Waals surface area contributed by atoms with Crippen molar-refractivity contribution in [1.29, 1.82) is 0 Å². The molecule has 0 aromatic carbocycles. The van der Waals surface area contributed by atoms with Crippen LogP contribution in [0.15, 0.2) is 109 Å². The molecule has 0 aliphatic heterocycles. The predicted molar refractivity (Wildman–Crippen MR) is 244 cm³/mol. The molecule has 0 amide bonds. The van der Waals surface area contributed by atoms with E-state index in [-0.39, 0.29) is 12.8 Å². The van der Waals surface area contributed by atoms with Crippen LogP contribution in [-0.4, -0.2) is 59.9 Å². The van der Waals surface area contributed by atoms with Crippen molar-refractivity contribution in [2.24, 2.45) is 5.73 Å². The van der Waals surface area contributed by atoms with Gasteiger partial charge in [-0.05, 0) is 89.9 Å². The lowest BCUT2D eigenvalue weighted by Crippen LogP contribution is -2.34. The molecule has 0 spiro atoms. The Morgan fingerprint density at radius 1 is 0.533 bits per heavy atom. The Morgan fingerprint density at radius 3 is 1.45 bits per heavy atom. The van der Waals surface area contributed by atoms with Crippen molar-refractivity contribution in [3.63, 3.8) is 0 Å². The number of carbonyl (C=O) groups excluding carboxylic acids is 2. The van der Waals surface area contributed by atoms with Gasteiger partial charge in [-0.2, -0.15) is 0 Å². The van der Waals surface area contributed by atoms with Gasteiger partial charge < -0.3 is 25.2 Å². The lowest BCUT2D eigenvalue weighted by atomic mass is 10.1. The summed E-state index contributed by atoms with van der Waals surface area (Å²) < 4.78 is 32.6. The predicted octanol–water partition coefficient (Wildman–Crippen LogP) is 11.8. The van der Waals surface area contributed by atoms with Crippen LogP contribution in [0.25, 0.3) is 0 Å². The third-order valence-electron chi connectivity index (χ3n) is 8.52. The number of phosphoric ester groups is 1. The van der Waals surface area contributed by atoms with Crippen molar-refractivity contribution >= 4 is 25.7 Å². The lowest BCUT2D eigenvalue weighted by molar-refractivity contribution is -0.161. The molecule has 0 bridgehead atoms. The zero-order valence-corrected chi connectivity index (χ0v) is 37.4. The first-order valence-electron chi connectivity index (χ1n) is 21.9. The van der Waals surface area contributed by atoms with E-state index < -0.39 is 57.7 Å². The quantitative estimate of drug-likeness (QED) is 0.0232. The minimum absolute atomic E-state index is 0.0239. The van der Waals surface area contributed by atoms with Crippen molar-refractivity contribution in [2.75, 3.05) is 19.8 Å². The zero-order valence-electron chi connectivity index (χ0n) is 36.5. The average molecular weight is 858 g/mol. The van der Waals surface area contributed by atoms with Crippen LogP contribution in [0.1, 0.15) is 142 Å². The average Bonchev–Trinajstić information content (AvgIpc) is 3.22. The second-order valence-corrected chi connectivity index (χ2v) is 15.5. The number of carboxylic acid groups (broad SMARTS) is 1. The molecule has 0 aromatic rings. The number of ether oxygens (including phenoxy) is 2. The second kappa shape index (κ2) is 41.9. The van der Waals surface area contributed by atoms with Gasteiger partial charge in [-0.25, -0.2) is 4.57 Å². The number of phosphoric acid groups is 1. The van der Waals surface area contributed by atoms with Crippen LogP contribution in [0.2, 0.25) is 0 Å². The van der Waals surface area contributed by atoms with Gasteiger partial charge in [0.15, 0.2) is 6.10 Å². The highest BCUT2D eigenvalue weighted by Gasteiger charge is 2.28. The first-order chi connectivity index (χ1) is 29.1. The maximum absolute atomic E-state index is 12.6. The minimum Gasteiger partial charge on any atom is -0.480 e. The van der Waals surface area contributed by atoms with Gasteiger partial charge in [0.25, 0.3) is 0 Å². The molecular weight excluding hydrogens is 781 g/mol. The van der Waals surface area contributed by atoms with E-state index in [1.54, 1.807) is 0 Å². The summed E-state index contributed by atoms with van der Waals surface area (Å²) in [5, 5.41) is 8.89. The lowest BCUT2D eigenvalue weighted by Gasteiger charge is -2.20. The molecular formula is C48H76NO10P. The fourth-order valence-electron chi connectivity index (χ4n) is 5.10. The largest absolute Gasteiger partial charge is 0.480 e. The number of esters is 2. The molecule has 0 heterocycles. The Labute approximate surface area is 361 Å². The molecule has 12 heteroatoms. The molecule has 0 saturated carbocycles. The number of rotatable bonds is 39. The van der Waals surface area contributed by atoms with Crippen molar-refractivity contribution < 1.29 is 47.5 Å². The van der Waals surface area contributed by atoms with Gasteiger partial charge in [-0.3, -0.25) is 23.4 Å². The summed E-state index contributed by atoms with van der Waals surface area (Å²) >= 11 is 0. The van der Waals surface area contributed by atoms with Crippen LogP contribution >= 0.6 is 7.82 Å². The molecule has 4 N–H and O–H groups in total. The summed E-state index contributed by atoms with van der Waals surface area (Å²) in [6.07, 6.45) is 54.5. The van der Waals surface area contributed by atoms with E-state index in [2.05, 4.69) is 110 Å². The summed E-state index contributed by atoms with van der Waals surface area (Å²) in [6.45, 7) is 2.54. The van der Waals surface area contributed by atoms with E-state index in [4.69, 9.17) is 24.8 Å². The molecule has 0 fully saturated rings. The molecule has 11 nitrogen and oxygen atoms in total. The maximum Gasteiger partial charge on any atom is 0.472 e. The molecule has 3 atom stereocenters. The Hall–Kier alpha value is -3.86. The van der Waals surface area contributed by atoms with E-state index in [0.29, 0.717) is 19.3 Å². The Morgan fingerprint density at radius 2 is 0.967 bits per heavy atom. The number of unbranched alkanes of at least 4 members (excludes halogenated alkanes) is 7. The summed E-state index contributed by atoms with van der Waals surface area (Å²) in [4.78, 5) is 45.9. The van der Waals surface area contributed by atoms with Crippen LogP contribution in [0, 0.1) is 0 Å². The smallest absolute Gasteiger partial charge is 0.472 e. The van der Waals surface area contributed by atoms with Crippen LogP contribution < -0.4 is 5.73 Å². The molecule has 338 valence electrons. The molecule has 0 aromatic heterocycles. The molecule has 0 rings (SSSR count). The fraction of sp³-hybridized carbons (Fsp3) is 0.562. The number of hydrogen-bond donors (Lipinski definition) is 3. The number of carbonyl (C=O) groups is 3. The standard InChI is InChI=1S/C48H76NO10P/c1-3-5-7-9-11-13-15-17-19-21-22-24-26-28-30-32-34-36-38-40-47(51)59-44(42-57-60(54,55)58-43-45(49)48(52)53)41-56-46(50)39-37-35-33-31-29-27-25-23-20-18-16-14-12-10-8-6-4-2/h5,7,11-14,17-20,22,24-25,27-28,30,34,36,44-45H,3-4,6,8-10,15-16,21,23,26,29,31-33,35,37-43,49H2,1-2H3,(H,52,53)(H,54,55)/t44-,45+/m1/s1. The molecule has 0 aliphatic carbocycles. The Kier molecular flexibility index (Phi) is 39.2. The van der Waals surface area contributed by atoms with E-state index in [1.807, 2.05) is 18.2 Å². The van der Waals surface area contributed by atoms with Gasteiger partial charge in [0.05, 0.1) is 13.2 Å². The monoisotopic (exact) mass is 858 g/mol. The van der Waals surface area contributed by atoms with Gasteiger partial charge in [0.2, 0.25) is 0 Å². The number of carboxylic acids is 1. The number of allylic oxidation sites excluding steroid dienone is 18. The highest BCUT2D eigenvalue weighted by molar-refractivity contribution is 7.47. The molecule has 0 aliphatic rings. The van der Waals surface area contributed by atoms with Crippen LogP contribution in [0.5, 0.6) is 0 Å². The Balaban J connectivity index is 4.56. The van der Waals surface area contributed by atoms with Crippen LogP contribution in [-0.2, 0) is 37.5 Å². The highest BCUT2D eigenvalue weighted by atomic mass is 31.2. The number of aliphatic carboxylic acids is 1. The fourth-order valence-corrected chi connectivity index (χ4v) is 5.87. The van der Waals surface area contributed by atoms with Crippen molar-refractivity contribution in [1.82, 2.24) is 0 Å². The van der Waals surface area contributed by atoms with Gasteiger partial charge in [-0.1, -0.05) is 149 Å². The van der Waals surface area contributed by atoms with Crippen molar-refractivity contribution in [3.05, 3.63) is 109 Å². The zero-order chi connectivity index (χ0) is 44.2. The number of nitrogens with two attached hydrogens (primary N) is 1. The first-order valence-corrected chi connectivity index (χ1v) is 23.4. The van der Waals surface area contributed by atoms with Gasteiger partial charge in [-0.15, -0.1) is 0 Å². The van der Waals surface area contributed by atoms with E-state index >= 15 is 0 Å². The summed E-state index contributed by atoms with van der Waals surface area (Å²) in [5.74, 6) is -2.53. The van der Waals surface area contributed by atoms with E-state index in [9.17, 15) is 23.8 Å². The van der Waals surface area contributed by atoms with Gasteiger partial charge in [0, 0.05) is 12.8 Å². The number of hydrogen-bond acceptors (Lipinski definition) is 9. The SMILES string of the molecule is CCC=CCC=CCC=CCC=CCC=CCC=CCCC(=O)O[C@H](COC(=O)CCCCCCC=CCC=CCC=CCCCCC)COP(=O)(O)OC[C@H](N)C(=O)O. The van der Waals surface area contributed by atoms with Gasteiger partial charge >= 0.3 is 25.7 Å². The molecule has 60 heavy (non-hydrogen) atoms. The first kappa shape index (κ1) is 56.1. The second-order valence-electron chi connectivity index (χ2n) is 14.1. The van der Waals surface area contributed by atoms with Crippen molar-refractivity contribution in [2.45, 2.75) is 154 Å². The summed E-state index contributed by atoms with van der Waals surface area (Å²) in [6, 6.07) is -1.54. The molecule has 0 radical (unpaired) electrons. The van der Waals surface area contributed by atoms with Crippen LogP contribution in [0.4, 0.5) is 0 Å². The van der Waals surface area contributed by atoms with Crippen LogP contribution in [0.3, 0.4) is 0 Å². The van der Waals surface area contributed by atoms with Gasteiger partial charge in [0.1, 0.15) is 12.6 Å². The summed E-state index contributed by atoms with van der Waals surface area (Å²) in [5.41, 5.74) is 5.33. The third-order valence-corrected chi connectivity index (χ3v) is 9.47. The minimum atomic E-state index is -4.75. The molecule has 0 saturated heterocycles. The maximum atomic E-state index is 12.6. The van der Waals surface area contributed by atoms with Crippen molar-refractivity contribution in [3.8, 4) is 0 Å². The highest BCUT2D eigenvalue weighted by Crippen LogP contribution is 2.43. The third kappa shape index (κ3) is 40.9. The van der Waals surface area contributed by atoms with E-state index in [1.165, 1.54) is 19.3 Å². The Bertz CT molecular complexity index is 1430.